The van der Waals surface area contributed by atoms with Gasteiger partial charge >= 0.3 is 0 Å². The molecule has 0 aromatic heterocycles. The Morgan fingerprint density at radius 2 is 0.613 bits per heavy atom. The van der Waals surface area contributed by atoms with Gasteiger partial charge in [0, 0.05) is 0 Å². The largest absolute Gasteiger partial charge is 0.288 e. The number of rotatable bonds is 18. The van der Waals surface area contributed by atoms with Crippen LogP contribution in [-0.4, -0.2) is 49.9 Å². The van der Waals surface area contributed by atoms with Gasteiger partial charge in [-0.1, -0.05) is 80.1 Å². The first-order chi connectivity index (χ1) is 14.4. The molecular weight excluding hydrogens is 510 g/mol. The summed E-state index contributed by atoms with van der Waals surface area (Å²) >= 11 is 0. The Kier molecular flexibility index (Phi) is 45.6. The fraction of sp³-hybridized carbons (Fsp3) is 1.00. The van der Waals surface area contributed by atoms with E-state index in [0.717, 1.165) is 0 Å². The molecule has 3 nitrogen and oxygen atoms in total. The lowest BCUT2D eigenvalue weighted by Crippen LogP contribution is -1.95. The van der Waals surface area contributed by atoms with Gasteiger partial charge in [-0.15, -0.1) is 32.8 Å². The number of hydrogen-bond acceptors (Lipinski definition) is 2. The summed E-state index contributed by atoms with van der Waals surface area (Å²) in [4.78, 5) is 0. The maximum Gasteiger partial charge on any atom is 0.254 e. The molecule has 31 heavy (non-hydrogen) atoms. The van der Waals surface area contributed by atoms with Gasteiger partial charge < -0.3 is 0 Å². The van der Waals surface area contributed by atoms with E-state index < -0.39 is 11.0 Å². The van der Waals surface area contributed by atoms with Gasteiger partial charge in [0.2, 0.25) is 0 Å². The molecule has 0 radical (unpaired) electrons. The smallest absolute Gasteiger partial charge is 0.254 e. The first kappa shape index (κ1) is 39.5. The van der Waals surface area contributed by atoms with Gasteiger partial charge in [-0.3, -0.25) is 4.55 Å². The molecule has 0 atom stereocenters. The van der Waals surface area contributed by atoms with E-state index in [2.05, 4.69) is 41.5 Å². The molecule has 0 unspecified atom stereocenters. The summed E-state index contributed by atoms with van der Waals surface area (Å²) in [6.07, 6.45) is 26.4. The van der Waals surface area contributed by atoms with Crippen LogP contribution in [0.25, 0.3) is 0 Å². The summed E-state index contributed by atoms with van der Waals surface area (Å²) in [5.74, 6) is 0. The molecule has 1 N–H and O–H groups in total. The Morgan fingerprint density at radius 3 is 0.710 bits per heavy atom. The molecule has 0 aliphatic carbocycles. The average Bonchev–Trinajstić information content (AvgIpc) is 2.72. The zero-order valence-corrected chi connectivity index (χ0v) is 26.1. The monoisotopic (exact) mass is 566 g/mol. The van der Waals surface area contributed by atoms with Crippen LogP contribution in [0.3, 0.4) is 0 Å². The lowest BCUT2D eigenvalue weighted by Gasteiger charge is -2.16. The number of unbranched alkanes of at least 4 members (excludes halogenated alkanes) is 6. The Labute approximate surface area is 211 Å². The van der Waals surface area contributed by atoms with Crippen LogP contribution in [0.15, 0.2) is 0 Å². The van der Waals surface area contributed by atoms with Crippen LogP contribution < -0.4 is 0 Å². The van der Waals surface area contributed by atoms with Crippen molar-refractivity contribution in [1.29, 1.82) is 0 Å². The van der Waals surface area contributed by atoms with Crippen molar-refractivity contribution in [2.75, 3.05) is 37.0 Å². The van der Waals surface area contributed by atoms with E-state index in [1.165, 1.54) is 77.0 Å². The lowest BCUT2D eigenvalue weighted by atomic mass is 10.4. The normalized spacial score (nSPS) is 10.4. The highest BCUT2D eigenvalue weighted by atomic mass is 79.9. The van der Waals surface area contributed by atoms with Crippen LogP contribution in [0, 0.1) is 0 Å². The molecule has 0 aromatic rings. The molecule has 0 rings (SSSR count). The highest BCUT2D eigenvalue weighted by Gasteiger charge is 2.06. The molecule has 0 spiro atoms. The number of hydrogen-bond donors (Lipinski definition) is 2. The van der Waals surface area contributed by atoms with E-state index in [9.17, 15) is 0 Å². The third kappa shape index (κ3) is 41.9. The van der Waals surface area contributed by atoms with E-state index in [1.807, 2.05) is 0 Å². The van der Waals surface area contributed by atoms with E-state index in [-0.39, 0.29) is 17.0 Å². The fourth-order valence-corrected chi connectivity index (χ4v) is 8.88. The van der Waals surface area contributed by atoms with Crippen molar-refractivity contribution in [3.05, 3.63) is 0 Å². The summed E-state index contributed by atoms with van der Waals surface area (Å²) in [5, 5.41) is 0. The minimum atomic E-state index is -3.12. The van der Waals surface area contributed by atoms with Gasteiger partial charge in [0.25, 0.3) is 11.0 Å². The summed E-state index contributed by atoms with van der Waals surface area (Å²) in [5.41, 5.74) is 0. The van der Waals surface area contributed by atoms with Gasteiger partial charge in [-0.2, -0.15) is 0 Å². The molecule has 0 aromatic carbocycles. The lowest BCUT2D eigenvalue weighted by molar-refractivity contribution is 0.509. The molecule has 0 aliphatic rings. The topological polar surface area (TPSA) is 54.4 Å². The third-order valence-corrected chi connectivity index (χ3v) is 10.7. The standard InChI is InChI=1S/2C12H27P.BrH.H2O3S/c2*1-4-7-10-13(11-8-5-2)12-9-6-3;;1-4(2)3/h2*4-12H2,1-3H3;1H;4H,(H,1,2,3). The van der Waals surface area contributed by atoms with E-state index in [0.29, 0.717) is 15.8 Å². The maximum absolute atomic E-state index is 8.59. The van der Waals surface area contributed by atoms with Crippen LogP contribution in [-0.2, 0) is 11.0 Å². The summed E-state index contributed by atoms with van der Waals surface area (Å²) in [6, 6.07) is 0. The average molecular weight is 568 g/mol. The van der Waals surface area contributed by atoms with Crippen molar-refractivity contribution in [2.45, 2.75) is 119 Å². The second kappa shape index (κ2) is 35.8. The molecule has 194 valence electrons. The zero-order chi connectivity index (χ0) is 23.5. The predicted octanol–water partition coefficient (Wildman–Crippen LogP) is 9.39. The Balaban J connectivity index is -0.000000195. The molecule has 0 saturated carbocycles. The van der Waals surface area contributed by atoms with Crippen LogP contribution >= 0.6 is 32.8 Å². The van der Waals surface area contributed by atoms with Crippen molar-refractivity contribution >= 4 is 43.8 Å². The van der Waals surface area contributed by atoms with E-state index >= 15 is 0 Å². The molecule has 0 bridgehead atoms. The maximum atomic E-state index is 8.59. The molecule has 0 saturated heterocycles. The summed E-state index contributed by atoms with van der Waals surface area (Å²) in [7, 11) is -2.28. The van der Waals surface area contributed by atoms with Gasteiger partial charge in [-0.25, -0.2) is 8.42 Å². The van der Waals surface area contributed by atoms with Crippen LogP contribution in [0.1, 0.15) is 119 Å². The van der Waals surface area contributed by atoms with Gasteiger partial charge in [0.1, 0.15) is 0 Å². The Bertz CT molecular complexity index is 303. The van der Waals surface area contributed by atoms with Crippen molar-refractivity contribution < 1.29 is 13.0 Å². The van der Waals surface area contributed by atoms with E-state index in [1.54, 1.807) is 37.0 Å². The molecule has 0 aliphatic heterocycles. The number of halogens is 1. The van der Waals surface area contributed by atoms with Crippen LogP contribution in [0.2, 0.25) is 0 Å². The van der Waals surface area contributed by atoms with Gasteiger partial charge in [0.15, 0.2) is 0 Å². The predicted molar refractivity (Wildman–Crippen MR) is 156 cm³/mol. The van der Waals surface area contributed by atoms with Crippen molar-refractivity contribution in [1.82, 2.24) is 0 Å². The van der Waals surface area contributed by atoms with Gasteiger partial charge in [-0.05, 0) is 75.5 Å². The Morgan fingerprint density at radius 1 is 0.484 bits per heavy atom. The SMILES string of the molecule is Br.CCCCP(CCCC)CCCC.CCCCP(CCCC)CCCC.O=[SH](=O)O. The highest BCUT2D eigenvalue weighted by molar-refractivity contribution is 8.93. The number of thiol groups is 1. The van der Waals surface area contributed by atoms with Crippen molar-refractivity contribution in [3.63, 3.8) is 0 Å². The fourth-order valence-electron chi connectivity index (χ4n) is 2.96. The summed E-state index contributed by atoms with van der Waals surface area (Å²) in [6.45, 7) is 13.9. The molecule has 0 heterocycles. The molecule has 0 fully saturated rings. The minimum absolute atomic E-state index is 0. The highest BCUT2D eigenvalue weighted by Crippen LogP contribution is 2.39. The molecule has 0 amide bonds. The second-order valence-electron chi connectivity index (χ2n) is 8.04. The summed E-state index contributed by atoms with van der Waals surface area (Å²) < 4.78 is 24.2. The zero-order valence-electron chi connectivity index (χ0n) is 21.7. The third-order valence-electron chi connectivity index (χ3n) is 4.97. The van der Waals surface area contributed by atoms with Gasteiger partial charge in [0.05, 0.1) is 0 Å². The van der Waals surface area contributed by atoms with Crippen molar-refractivity contribution in [2.24, 2.45) is 0 Å². The van der Waals surface area contributed by atoms with Crippen LogP contribution in [0.5, 0.6) is 0 Å². The van der Waals surface area contributed by atoms with Crippen LogP contribution in [0.4, 0.5) is 0 Å². The first-order valence-electron chi connectivity index (χ1n) is 12.7. The molecular formula is C24H57BrO3P2S. The first-order valence-corrected chi connectivity index (χ1v) is 17.6. The molecule has 7 heteroatoms. The van der Waals surface area contributed by atoms with E-state index in [4.69, 9.17) is 13.0 Å². The minimum Gasteiger partial charge on any atom is -0.288 e. The van der Waals surface area contributed by atoms with Crippen molar-refractivity contribution in [3.8, 4) is 0 Å². The Hall–Kier alpha value is 1.25. The quantitative estimate of drug-likeness (QED) is 0.0986. The second-order valence-corrected chi connectivity index (χ2v) is 13.9.